The molecule has 2 N–H and O–H groups in total. The molecule has 0 spiro atoms. The lowest BCUT2D eigenvalue weighted by Gasteiger charge is -2.08. The molecule has 0 radical (unpaired) electrons. The third-order valence-corrected chi connectivity index (χ3v) is 4.50. The van der Waals surface area contributed by atoms with Gasteiger partial charge in [0.2, 0.25) is 5.91 Å². The molecule has 2 heterocycles. The number of amides is 1. The van der Waals surface area contributed by atoms with E-state index < -0.39 is 6.10 Å². The van der Waals surface area contributed by atoms with Gasteiger partial charge >= 0.3 is 0 Å². The zero-order chi connectivity index (χ0) is 16.9. The first kappa shape index (κ1) is 16.4. The zero-order valence-electron chi connectivity index (χ0n) is 13.2. The Labute approximate surface area is 144 Å². The van der Waals surface area contributed by atoms with Gasteiger partial charge in [0.25, 0.3) is 0 Å². The molecule has 1 atom stereocenters. The van der Waals surface area contributed by atoms with Crippen LogP contribution in [0.3, 0.4) is 0 Å². The molecule has 1 amide bonds. The first-order valence-corrected chi connectivity index (χ1v) is 8.49. The number of nitrogens with one attached hydrogen (secondary N) is 1. The highest BCUT2D eigenvalue weighted by atomic mass is 32.1. The maximum Gasteiger partial charge on any atom is 0.226 e. The molecule has 3 rings (SSSR count). The van der Waals surface area contributed by atoms with E-state index in [4.69, 9.17) is 4.42 Å². The summed E-state index contributed by atoms with van der Waals surface area (Å²) in [6, 6.07) is 11.5. The fourth-order valence-electron chi connectivity index (χ4n) is 2.24. The van der Waals surface area contributed by atoms with E-state index >= 15 is 0 Å². The van der Waals surface area contributed by atoms with Crippen molar-refractivity contribution < 1.29 is 14.3 Å². The van der Waals surface area contributed by atoms with Crippen molar-refractivity contribution in [3.8, 4) is 10.6 Å². The quantitative estimate of drug-likeness (QED) is 0.722. The number of aromatic nitrogens is 1. The van der Waals surface area contributed by atoms with Crippen molar-refractivity contribution in [2.24, 2.45) is 0 Å². The van der Waals surface area contributed by atoms with Crippen molar-refractivity contribution in [1.82, 2.24) is 10.3 Å². The van der Waals surface area contributed by atoms with Gasteiger partial charge in [0.15, 0.2) is 0 Å². The number of carbonyl (C=O) groups is 1. The van der Waals surface area contributed by atoms with Gasteiger partial charge in [0.05, 0.1) is 24.9 Å². The fourth-order valence-corrected chi connectivity index (χ4v) is 3.06. The summed E-state index contributed by atoms with van der Waals surface area (Å²) in [5.74, 6) is 0.256. The standard InChI is InChI=1S/C18H18N2O3S/c1-12-4-6-13(7-5-12)18-20-14(11-24-18)9-17(22)19-10-15(21)16-3-2-8-23-16/h2-8,11,15,21H,9-10H2,1H3,(H,19,22). The predicted octanol–water partition coefficient (Wildman–Crippen LogP) is 3.10. The molecule has 0 aliphatic heterocycles. The molecule has 1 unspecified atom stereocenters. The third kappa shape index (κ3) is 4.10. The molecule has 124 valence electrons. The van der Waals surface area contributed by atoms with Gasteiger partial charge in [-0.3, -0.25) is 4.79 Å². The molecule has 0 aliphatic carbocycles. The van der Waals surface area contributed by atoms with Crippen molar-refractivity contribution >= 4 is 17.2 Å². The van der Waals surface area contributed by atoms with Crippen LogP contribution < -0.4 is 5.32 Å². The number of aryl methyl sites for hydroxylation is 1. The van der Waals surface area contributed by atoms with Gasteiger partial charge < -0.3 is 14.8 Å². The molecule has 0 fully saturated rings. The third-order valence-electron chi connectivity index (χ3n) is 3.56. The lowest BCUT2D eigenvalue weighted by Crippen LogP contribution is -2.29. The van der Waals surface area contributed by atoms with Crippen molar-refractivity contribution in [2.45, 2.75) is 19.4 Å². The number of carbonyl (C=O) groups excluding carboxylic acids is 1. The van der Waals surface area contributed by atoms with Crippen LogP contribution in [0.2, 0.25) is 0 Å². The van der Waals surface area contributed by atoms with E-state index in [-0.39, 0.29) is 18.9 Å². The number of rotatable bonds is 6. The molecule has 6 heteroatoms. The van der Waals surface area contributed by atoms with Crippen LogP contribution in [0, 0.1) is 6.92 Å². The molecule has 0 saturated heterocycles. The summed E-state index contributed by atoms with van der Waals surface area (Å²) in [5.41, 5.74) is 2.97. The monoisotopic (exact) mass is 342 g/mol. The Bertz CT molecular complexity index is 794. The maximum atomic E-state index is 12.0. The van der Waals surface area contributed by atoms with Crippen molar-refractivity contribution in [3.63, 3.8) is 0 Å². The second kappa shape index (κ2) is 7.42. The second-order valence-electron chi connectivity index (χ2n) is 5.52. The number of furan rings is 1. The Balaban J connectivity index is 1.54. The molecule has 3 aromatic rings. The van der Waals surface area contributed by atoms with Gasteiger partial charge in [0, 0.05) is 10.9 Å². The maximum absolute atomic E-state index is 12.0. The molecule has 2 aromatic heterocycles. The van der Waals surface area contributed by atoms with Gasteiger partial charge in [-0.1, -0.05) is 29.8 Å². The molecular formula is C18H18N2O3S. The normalized spacial score (nSPS) is 12.1. The lowest BCUT2D eigenvalue weighted by molar-refractivity contribution is -0.121. The molecular weight excluding hydrogens is 324 g/mol. The largest absolute Gasteiger partial charge is 0.467 e. The minimum atomic E-state index is -0.845. The Morgan fingerprint density at radius 3 is 2.83 bits per heavy atom. The van der Waals surface area contributed by atoms with E-state index in [1.807, 2.05) is 36.6 Å². The molecule has 0 aliphatic rings. The summed E-state index contributed by atoms with van der Waals surface area (Å²) >= 11 is 1.52. The Morgan fingerprint density at radius 1 is 1.33 bits per heavy atom. The van der Waals surface area contributed by atoms with Crippen LogP contribution in [0.25, 0.3) is 10.6 Å². The van der Waals surface area contributed by atoms with Gasteiger partial charge in [-0.2, -0.15) is 0 Å². The number of aliphatic hydroxyl groups excluding tert-OH is 1. The van der Waals surface area contributed by atoms with E-state index in [2.05, 4.69) is 10.3 Å². The highest BCUT2D eigenvalue weighted by molar-refractivity contribution is 7.13. The number of nitrogens with zero attached hydrogens (tertiary/aromatic N) is 1. The van der Waals surface area contributed by atoms with Crippen LogP contribution in [0.1, 0.15) is 23.1 Å². The SMILES string of the molecule is Cc1ccc(-c2nc(CC(=O)NCC(O)c3ccco3)cs2)cc1. The second-order valence-corrected chi connectivity index (χ2v) is 6.38. The summed E-state index contributed by atoms with van der Waals surface area (Å²) in [7, 11) is 0. The summed E-state index contributed by atoms with van der Waals surface area (Å²) in [6.45, 7) is 2.15. The first-order chi connectivity index (χ1) is 11.6. The van der Waals surface area contributed by atoms with Crippen LogP contribution in [0.15, 0.2) is 52.5 Å². The zero-order valence-corrected chi connectivity index (χ0v) is 14.0. The molecule has 0 bridgehead atoms. The van der Waals surface area contributed by atoms with E-state index in [1.54, 1.807) is 12.1 Å². The molecule has 0 saturated carbocycles. The van der Waals surface area contributed by atoms with Gasteiger partial charge in [-0.05, 0) is 19.1 Å². The van der Waals surface area contributed by atoms with Crippen molar-refractivity contribution in [2.75, 3.05) is 6.54 Å². The average Bonchev–Trinajstić information content (AvgIpc) is 3.25. The van der Waals surface area contributed by atoms with E-state index in [9.17, 15) is 9.90 Å². The number of aliphatic hydroxyl groups is 1. The predicted molar refractivity (Wildman–Crippen MR) is 92.7 cm³/mol. The van der Waals surface area contributed by atoms with Crippen molar-refractivity contribution in [1.29, 1.82) is 0 Å². The summed E-state index contributed by atoms with van der Waals surface area (Å²) in [5, 5.41) is 15.4. The van der Waals surface area contributed by atoms with Crippen LogP contribution in [-0.4, -0.2) is 22.5 Å². The van der Waals surface area contributed by atoms with Gasteiger partial charge in [-0.25, -0.2) is 4.98 Å². The number of hydrogen-bond donors (Lipinski definition) is 2. The first-order valence-electron chi connectivity index (χ1n) is 7.61. The van der Waals surface area contributed by atoms with Crippen LogP contribution in [-0.2, 0) is 11.2 Å². The summed E-state index contributed by atoms with van der Waals surface area (Å²) < 4.78 is 5.09. The topological polar surface area (TPSA) is 75.4 Å². The van der Waals surface area contributed by atoms with Crippen LogP contribution in [0.5, 0.6) is 0 Å². The van der Waals surface area contributed by atoms with Gasteiger partial charge in [0.1, 0.15) is 16.9 Å². The lowest BCUT2D eigenvalue weighted by atomic mass is 10.2. The molecule has 5 nitrogen and oxygen atoms in total. The number of thiazole rings is 1. The van der Waals surface area contributed by atoms with Crippen LogP contribution in [0.4, 0.5) is 0 Å². The highest BCUT2D eigenvalue weighted by Crippen LogP contribution is 2.24. The Kier molecular flexibility index (Phi) is 5.08. The Morgan fingerprint density at radius 2 is 2.12 bits per heavy atom. The number of hydrogen-bond acceptors (Lipinski definition) is 5. The fraction of sp³-hybridized carbons (Fsp3) is 0.222. The van der Waals surface area contributed by atoms with Gasteiger partial charge in [-0.15, -0.1) is 11.3 Å². The number of benzene rings is 1. The minimum absolute atomic E-state index is 0.112. The van der Waals surface area contributed by atoms with Crippen molar-refractivity contribution in [3.05, 3.63) is 65.1 Å². The molecule has 1 aromatic carbocycles. The smallest absolute Gasteiger partial charge is 0.226 e. The average molecular weight is 342 g/mol. The van der Waals surface area contributed by atoms with Crippen LogP contribution >= 0.6 is 11.3 Å². The highest BCUT2D eigenvalue weighted by Gasteiger charge is 2.13. The minimum Gasteiger partial charge on any atom is -0.467 e. The van der Waals surface area contributed by atoms with E-state index in [0.29, 0.717) is 5.76 Å². The van der Waals surface area contributed by atoms with E-state index in [0.717, 1.165) is 16.3 Å². The summed E-state index contributed by atoms with van der Waals surface area (Å²) in [4.78, 5) is 16.5. The Hall–Kier alpha value is -2.44. The molecule has 24 heavy (non-hydrogen) atoms. The van der Waals surface area contributed by atoms with E-state index in [1.165, 1.54) is 23.2 Å². The summed E-state index contributed by atoms with van der Waals surface area (Å²) in [6.07, 6.45) is 0.831.